The van der Waals surface area contributed by atoms with Gasteiger partial charge < -0.3 is 15.3 Å². The highest BCUT2D eigenvalue weighted by atomic mass is 16.3. The van der Waals surface area contributed by atoms with Crippen molar-refractivity contribution < 1.29 is 5.11 Å². The van der Waals surface area contributed by atoms with Gasteiger partial charge in [0.05, 0.1) is 5.60 Å². The largest absolute Gasteiger partial charge is 0.388 e. The number of piperidine rings is 1. The highest BCUT2D eigenvalue weighted by molar-refractivity contribution is 5.50. The summed E-state index contributed by atoms with van der Waals surface area (Å²) in [6, 6.07) is 1.99. The molecule has 112 valence electrons. The van der Waals surface area contributed by atoms with E-state index in [1.807, 2.05) is 13.0 Å². The lowest BCUT2D eigenvalue weighted by Gasteiger charge is -2.37. The lowest BCUT2D eigenvalue weighted by molar-refractivity contribution is 0.0447. The fraction of sp³-hybridized carbons (Fsp3) is 0.733. The molecular weight excluding hydrogens is 252 g/mol. The number of aryl methyl sites for hydroxylation is 1. The van der Waals surface area contributed by atoms with Crippen molar-refractivity contribution in [2.75, 3.05) is 29.9 Å². The smallest absolute Gasteiger partial charge is 0.134 e. The molecule has 1 saturated heterocycles. The van der Waals surface area contributed by atoms with Gasteiger partial charge in [0.2, 0.25) is 0 Å². The molecule has 2 N–H and O–H groups in total. The molecule has 1 atom stereocenters. The zero-order valence-electron chi connectivity index (χ0n) is 12.8. The Labute approximate surface area is 121 Å². The van der Waals surface area contributed by atoms with Gasteiger partial charge >= 0.3 is 0 Å². The van der Waals surface area contributed by atoms with Crippen molar-refractivity contribution in [3.05, 3.63) is 11.9 Å². The van der Waals surface area contributed by atoms with E-state index >= 15 is 0 Å². The van der Waals surface area contributed by atoms with Crippen LogP contribution in [0.1, 0.15) is 45.9 Å². The summed E-state index contributed by atoms with van der Waals surface area (Å²) in [5.41, 5.74) is -0.619. The van der Waals surface area contributed by atoms with Crippen LogP contribution in [0.2, 0.25) is 0 Å². The minimum absolute atomic E-state index is 0.619. The molecule has 1 fully saturated rings. The fourth-order valence-electron chi connectivity index (χ4n) is 2.67. The van der Waals surface area contributed by atoms with Crippen molar-refractivity contribution in [3.63, 3.8) is 0 Å². The Kier molecular flexibility index (Phi) is 4.81. The number of β-amino-alcohol motifs (C(OH)–C–C–N with tert-alkyl or cyclic N) is 1. The van der Waals surface area contributed by atoms with Crippen LogP contribution < -0.4 is 10.2 Å². The van der Waals surface area contributed by atoms with E-state index < -0.39 is 5.60 Å². The van der Waals surface area contributed by atoms with Crippen LogP contribution in [-0.4, -0.2) is 40.3 Å². The lowest BCUT2D eigenvalue weighted by atomic mass is 9.95. The molecule has 1 unspecified atom stereocenters. The Morgan fingerprint density at radius 2 is 2.20 bits per heavy atom. The van der Waals surface area contributed by atoms with Crippen LogP contribution in [-0.2, 0) is 6.42 Å². The molecule has 1 aliphatic heterocycles. The number of rotatable bonds is 5. The Bertz CT molecular complexity index is 423. The van der Waals surface area contributed by atoms with Crippen molar-refractivity contribution in [1.29, 1.82) is 0 Å². The molecule has 20 heavy (non-hydrogen) atoms. The molecule has 0 aliphatic carbocycles. The van der Waals surface area contributed by atoms with Crippen LogP contribution in [0.3, 0.4) is 0 Å². The molecule has 0 saturated carbocycles. The van der Waals surface area contributed by atoms with E-state index in [2.05, 4.69) is 34.0 Å². The second kappa shape index (κ2) is 6.39. The number of hydrogen-bond donors (Lipinski definition) is 2. The number of aliphatic hydroxyl groups is 1. The van der Waals surface area contributed by atoms with Gasteiger partial charge in [-0.05, 0) is 33.1 Å². The minimum atomic E-state index is -0.619. The van der Waals surface area contributed by atoms with E-state index in [0.717, 1.165) is 56.2 Å². The quantitative estimate of drug-likeness (QED) is 0.864. The maximum Gasteiger partial charge on any atom is 0.134 e. The normalized spacial score (nSPS) is 22.9. The average molecular weight is 278 g/mol. The Hall–Kier alpha value is -1.36. The van der Waals surface area contributed by atoms with E-state index in [1.165, 1.54) is 0 Å². The molecule has 2 heterocycles. The van der Waals surface area contributed by atoms with E-state index in [1.54, 1.807) is 0 Å². The Morgan fingerprint density at radius 3 is 2.85 bits per heavy atom. The summed E-state index contributed by atoms with van der Waals surface area (Å²) < 4.78 is 0. The first-order valence-electron chi connectivity index (χ1n) is 7.63. The van der Waals surface area contributed by atoms with Crippen molar-refractivity contribution in [2.45, 2.75) is 52.1 Å². The first-order chi connectivity index (χ1) is 9.54. The highest BCUT2D eigenvalue weighted by Gasteiger charge is 2.29. The summed E-state index contributed by atoms with van der Waals surface area (Å²) in [5, 5.41) is 13.5. The molecule has 0 spiro atoms. The number of hydrogen-bond acceptors (Lipinski definition) is 5. The minimum Gasteiger partial charge on any atom is -0.388 e. The first kappa shape index (κ1) is 15.0. The molecule has 0 amide bonds. The van der Waals surface area contributed by atoms with Gasteiger partial charge in [-0.25, -0.2) is 9.97 Å². The van der Waals surface area contributed by atoms with Crippen molar-refractivity contribution in [1.82, 2.24) is 9.97 Å². The predicted molar refractivity (Wildman–Crippen MR) is 82.3 cm³/mol. The SMILES string of the molecule is CCCc1nc(NCC)cc(N2CCCC(C)(O)C2)n1. The number of anilines is 2. The van der Waals surface area contributed by atoms with E-state index in [4.69, 9.17) is 0 Å². The zero-order valence-corrected chi connectivity index (χ0v) is 12.8. The standard InChI is InChI=1S/C15H26N4O/c1-4-7-12-17-13(16-5-2)10-14(18-12)19-9-6-8-15(3,20)11-19/h10,20H,4-9,11H2,1-3H3,(H,16,17,18). The molecule has 5 nitrogen and oxygen atoms in total. The number of nitrogens with zero attached hydrogens (tertiary/aromatic N) is 3. The second-order valence-electron chi connectivity index (χ2n) is 5.83. The molecule has 1 aliphatic rings. The summed E-state index contributed by atoms with van der Waals surface area (Å²) in [6.07, 6.45) is 3.77. The third-order valence-electron chi connectivity index (χ3n) is 3.59. The molecule has 0 aromatic carbocycles. The zero-order chi connectivity index (χ0) is 14.6. The van der Waals surface area contributed by atoms with E-state index in [9.17, 15) is 5.11 Å². The molecule has 5 heteroatoms. The lowest BCUT2D eigenvalue weighted by Crippen LogP contribution is -2.46. The van der Waals surface area contributed by atoms with Crippen LogP contribution in [0, 0.1) is 0 Å². The van der Waals surface area contributed by atoms with Crippen molar-refractivity contribution in [3.8, 4) is 0 Å². The summed E-state index contributed by atoms with van der Waals surface area (Å²) in [7, 11) is 0. The van der Waals surface area contributed by atoms with Crippen molar-refractivity contribution >= 4 is 11.6 Å². The second-order valence-corrected chi connectivity index (χ2v) is 5.83. The monoisotopic (exact) mass is 278 g/mol. The highest BCUT2D eigenvalue weighted by Crippen LogP contribution is 2.25. The summed E-state index contributed by atoms with van der Waals surface area (Å²) >= 11 is 0. The third kappa shape index (κ3) is 3.82. The van der Waals surface area contributed by atoms with E-state index in [-0.39, 0.29) is 0 Å². The Morgan fingerprint density at radius 1 is 1.40 bits per heavy atom. The van der Waals surface area contributed by atoms with Crippen molar-refractivity contribution in [2.24, 2.45) is 0 Å². The summed E-state index contributed by atoms with van der Waals surface area (Å²) in [4.78, 5) is 11.4. The number of nitrogens with one attached hydrogen (secondary N) is 1. The third-order valence-corrected chi connectivity index (χ3v) is 3.59. The maximum atomic E-state index is 10.3. The average Bonchev–Trinajstić information content (AvgIpc) is 2.38. The molecule has 0 bridgehead atoms. The molecule has 1 aromatic rings. The van der Waals surface area contributed by atoms with E-state index in [0.29, 0.717) is 6.54 Å². The van der Waals surface area contributed by atoms with Gasteiger partial charge in [0.25, 0.3) is 0 Å². The van der Waals surface area contributed by atoms with Crippen LogP contribution in [0.5, 0.6) is 0 Å². The van der Waals surface area contributed by atoms with Crippen LogP contribution >= 0.6 is 0 Å². The first-order valence-corrected chi connectivity index (χ1v) is 7.63. The van der Waals surface area contributed by atoms with Gasteiger partial charge in [-0.15, -0.1) is 0 Å². The van der Waals surface area contributed by atoms with Crippen LogP contribution in [0.25, 0.3) is 0 Å². The van der Waals surface area contributed by atoms with Crippen LogP contribution in [0.15, 0.2) is 6.07 Å². The topological polar surface area (TPSA) is 61.3 Å². The molecule has 1 aromatic heterocycles. The summed E-state index contributed by atoms with van der Waals surface area (Å²) in [5.74, 6) is 2.69. The van der Waals surface area contributed by atoms with Gasteiger partial charge in [0.1, 0.15) is 17.5 Å². The van der Waals surface area contributed by atoms with Gasteiger partial charge in [0, 0.05) is 32.1 Å². The van der Waals surface area contributed by atoms with Gasteiger partial charge in [-0.2, -0.15) is 0 Å². The number of aromatic nitrogens is 2. The maximum absolute atomic E-state index is 10.3. The van der Waals surface area contributed by atoms with Crippen LogP contribution in [0.4, 0.5) is 11.6 Å². The van der Waals surface area contributed by atoms with Gasteiger partial charge in [-0.1, -0.05) is 6.92 Å². The summed E-state index contributed by atoms with van der Waals surface area (Å²) in [6.45, 7) is 8.53. The predicted octanol–water partition coefficient (Wildman–Crippen LogP) is 2.21. The van der Waals surface area contributed by atoms with Gasteiger partial charge in [0.15, 0.2) is 0 Å². The molecular formula is C15H26N4O. The fourth-order valence-corrected chi connectivity index (χ4v) is 2.67. The van der Waals surface area contributed by atoms with Gasteiger partial charge in [-0.3, -0.25) is 0 Å². The molecule has 0 radical (unpaired) electrons. The molecule has 2 rings (SSSR count). The Balaban J connectivity index is 2.24.